The van der Waals surface area contributed by atoms with Gasteiger partial charge in [-0.15, -0.1) is 0 Å². The number of thioether (sulfide) groups is 1. The SMILES string of the molecule is O=C(Cc1ccc(NC2=NC3CS(=O)(=O)CC3S2)cc1)NCc1ccco1. The fourth-order valence-corrected chi connectivity index (χ4v) is 6.77. The summed E-state index contributed by atoms with van der Waals surface area (Å²) in [5, 5.41) is 6.82. The van der Waals surface area contributed by atoms with Crippen molar-refractivity contribution in [3.8, 4) is 0 Å². The van der Waals surface area contributed by atoms with Crippen LogP contribution in [0.3, 0.4) is 0 Å². The zero-order valence-electron chi connectivity index (χ0n) is 14.4. The Kier molecular flexibility index (Phi) is 4.96. The lowest BCUT2D eigenvalue weighted by atomic mass is 10.1. The van der Waals surface area contributed by atoms with Crippen LogP contribution in [0.15, 0.2) is 52.1 Å². The fourth-order valence-electron chi connectivity index (χ4n) is 3.09. The van der Waals surface area contributed by atoms with Gasteiger partial charge >= 0.3 is 0 Å². The molecule has 1 fully saturated rings. The number of hydrogen-bond acceptors (Lipinski definition) is 7. The summed E-state index contributed by atoms with van der Waals surface area (Å²) in [6.07, 6.45) is 1.87. The monoisotopic (exact) mass is 405 g/mol. The van der Waals surface area contributed by atoms with Crippen molar-refractivity contribution in [2.75, 3.05) is 16.8 Å². The summed E-state index contributed by atoms with van der Waals surface area (Å²) >= 11 is 1.49. The van der Waals surface area contributed by atoms with Gasteiger partial charge in [-0.25, -0.2) is 8.42 Å². The van der Waals surface area contributed by atoms with Crippen molar-refractivity contribution >= 4 is 38.4 Å². The van der Waals surface area contributed by atoms with Crippen molar-refractivity contribution in [2.24, 2.45) is 4.99 Å². The van der Waals surface area contributed by atoms with Crippen LogP contribution in [0.25, 0.3) is 0 Å². The number of sulfone groups is 1. The van der Waals surface area contributed by atoms with Gasteiger partial charge in [0.1, 0.15) is 5.76 Å². The Hall–Kier alpha value is -2.26. The molecule has 3 heterocycles. The molecular weight excluding hydrogens is 386 g/mol. The van der Waals surface area contributed by atoms with Crippen LogP contribution in [0, 0.1) is 0 Å². The summed E-state index contributed by atoms with van der Waals surface area (Å²) in [5.41, 5.74) is 1.77. The Morgan fingerprint density at radius 2 is 2.04 bits per heavy atom. The highest BCUT2D eigenvalue weighted by molar-refractivity contribution is 8.15. The molecule has 1 aromatic carbocycles. The standard InChI is InChI=1S/C18H19N3O4S2/c22-17(19-9-14-2-1-7-25-14)8-12-3-5-13(6-4-12)20-18-21-15-10-27(23,24)11-16(15)26-18/h1-7,15-16H,8-11H2,(H,19,22)(H,20,21). The number of amidine groups is 1. The minimum atomic E-state index is -2.94. The van der Waals surface area contributed by atoms with Gasteiger partial charge in [-0.1, -0.05) is 23.9 Å². The maximum atomic E-state index is 12.0. The molecule has 1 aromatic heterocycles. The van der Waals surface area contributed by atoms with Crippen LogP contribution in [0.4, 0.5) is 5.69 Å². The normalized spacial score (nSPS) is 22.9. The number of hydrogen-bond donors (Lipinski definition) is 2. The molecule has 1 saturated heterocycles. The molecule has 2 aliphatic heterocycles. The van der Waals surface area contributed by atoms with E-state index in [2.05, 4.69) is 15.6 Å². The molecule has 7 nitrogen and oxygen atoms in total. The molecular formula is C18H19N3O4S2. The van der Waals surface area contributed by atoms with E-state index in [1.807, 2.05) is 30.3 Å². The van der Waals surface area contributed by atoms with Crippen LogP contribution in [0.5, 0.6) is 0 Å². The lowest BCUT2D eigenvalue weighted by Gasteiger charge is -2.08. The number of nitrogens with one attached hydrogen (secondary N) is 2. The minimum Gasteiger partial charge on any atom is -0.467 e. The number of nitrogens with zero attached hydrogens (tertiary/aromatic N) is 1. The largest absolute Gasteiger partial charge is 0.467 e. The van der Waals surface area contributed by atoms with Crippen molar-refractivity contribution in [1.82, 2.24) is 5.32 Å². The third kappa shape index (κ3) is 4.54. The predicted octanol–water partition coefficient (Wildman–Crippen LogP) is 1.82. The maximum absolute atomic E-state index is 12.0. The first-order valence-electron chi connectivity index (χ1n) is 8.57. The van der Waals surface area contributed by atoms with Gasteiger partial charge in [0, 0.05) is 10.9 Å². The Morgan fingerprint density at radius 3 is 2.74 bits per heavy atom. The number of rotatable bonds is 5. The maximum Gasteiger partial charge on any atom is 0.224 e. The van der Waals surface area contributed by atoms with Crippen molar-refractivity contribution in [1.29, 1.82) is 0 Å². The highest BCUT2D eigenvalue weighted by atomic mass is 32.2. The Bertz CT molecular complexity index is 953. The molecule has 9 heteroatoms. The van der Waals surface area contributed by atoms with Gasteiger partial charge in [0.25, 0.3) is 0 Å². The zero-order chi connectivity index (χ0) is 18.9. The number of fused-ring (bicyclic) bond motifs is 1. The molecule has 27 heavy (non-hydrogen) atoms. The molecule has 0 bridgehead atoms. The fraction of sp³-hybridized carbons (Fsp3) is 0.333. The summed E-state index contributed by atoms with van der Waals surface area (Å²) in [6.45, 7) is 0.376. The lowest BCUT2D eigenvalue weighted by Crippen LogP contribution is -2.24. The molecule has 2 aliphatic rings. The van der Waals surface area contributed by atoms with E-state index in [0.717, 1.165) is 22.2 Å². The van der Waals surface area contributed by atoms with Gasteiger partial charge < -0.3 is 15.1 Å². The number of aliphatic imine (C=N–C) groups is 1. The van der Waals surface area contributed by atoms with Gasteiger partial charge in [-0.2, -0.15) is 0 Å². The Labute approximate surface area is 161 Å². The van der Waals surface area contributed by atoms with E-state index in [9.17, 15) is 13.2 Å². The van der Waals surface area contributed by atoms with Crippen molar-refractivity contribution < 1.29 is 17.6 Å². The van der Waals surface area contributed by atoms with Gasteiger partial charge in [0.2, 0.25) is 5.91 Å². The van der Waals surface area contributed by atoms with Gasteiger partial charge in [-0.05, 0) is 29.8 Å². The highest BCUT2D eigenvalue weighted by Gasteiger charge is 2.42. The van der Waals surface area contributed by atoms with E-state index in [-0.39, 0.29) is 28.7 Å². The smallest absolute Gasteiger partial charge is 0.224 e. The molecule has 2 unspecified atom stereocenters. The molecule has 0 radical (unpaired) electrons. The number of furan rings is 1. The van der Waals surface area contributed by atoms with Crippen LogP contribution < -0.4 is 10.6 Å². The minimum absolute atomic E-state index is 0.0228. The molecule has 2 N–H and O–H groups in total. The predicted molar refractivity (Wildman–Crippen MR) is 106 cm³/mol. The molecule has 0 spiro atoms. The van der Waals surface area contributed by atoms with Crippen LogP contribution >= 0.6 is 11.8 Å². The molecule has 142 valence electrons. The first kappa shape index (κ1) is 18.1. The second-order valence-corrected chi connectivity index (χ2v) is 9.97. The number of benzene rings is 1. The van der Waals surface area contributed by atoms with Gasteiger partial charge in [-0.3, -0.25) is 9.79 Å². The average Bonchev–Trinajstić information content (AvgIpc) is 3.30. The van der Waals surface area contributed by atoms with Crippen molar-refractivity contribution in [2.45, 2.75) is 24.3 Å². The highest BCUT2D eigenvalue weighted by Crippen LogP contribution is 2.34. The molecule has 0 saturated carbocycles. The van der Waals surface area contributed by atoms with E-state index in [4.69, 9.17) is 4.42 Å². The topological polar surface area (TPSA) is 101 Å². The van der Waals surface area contributed by atoms with Crippen molar-refractivity contribution in [3.63, 3.8) is 0 Å². The van der Waals surface area contributed by atoms with E-state index < -0.39 is 9.84 Å². The summed E-state index contributed by atoms with van der Waals surface area (Å²) < 4.78 is 28.4. The van der Waals surface area contributed by atoms with E-state index in [1.54, 1.807) is 12.3 Å². The quantitative estimate of drug-likeness (QED) is 0.787. The van der Waals surface area contributed by atoms with Crippen LogP contribution in [-0.4, -0.2) is 42.3 Å². The third-order valence-electron chi connectivity index (χ3n) is 4.43. The number of anilines is 1. The molecule has 0 aliphatic carbocycles. The van der Waals surface area contributed by atoms with Crippen molar-refractivity contribution in [3.05, 3.63) is 54.0 Å². The molecule has 4 rings (SSSR count). The van der Waals surface area contributed by atoms with Crippen LogP contribution in [0.2, 0.25) is 0 Å². The lowest BCUT2D eigenvalue weighted by molar-refractivity contribution is -0.120. The second kappa shape index (κ2) is 7.40. The first-order chi connectivity index (χ1) is 13.0. The number of amides is 1. The van der Waals surface area contributed by atoms with Crippen LogP contribution in [0.1, 0.15) is 11.3 Å². The van der Waals surface area contributed by atoms with E-state index in [1.165, 1.54) is 11.8 Å². The average molecular weight is 406 g/mol. The van der Waals surface area contributed by atoms with Crippen LogP contribution in [-0.2, 0) is 27.6 Å². The van der Waals surface area contributed by atoms with Gasteiger partial charge in [0.15, 0.2) is 15.0 Å². The second-order valence-electron chi connectivity index (χ2n) is 6.59. The summed E-state index contributed by atoms with van der Waals surface area (Å²) in [4.78, 5) is 16.5. The number of carbonyl (C=O) groups is 1. The Balaban J connectivity index is 1.28. The zero-order valence-corrected chi connectivity index (χ0v) is 16.1. The van der Waals surface area contributed by atoms with Gasteiger partial charge in [0.05, 0.1) is 36.8 Å². The van der Waals surface area contributed by atoms with E-state index >= 15 is 0 Å². The third-order valence-corrected chi connectivity index (χ3v) is 7.57. The Morgan fingerprint density at radius 1 is 1.22 bits per heavy atom. The first-order valence-corrected chi connectivity index (χ1v) is 11.3. The summed E-state index contributed by atoms with van der Waals surface area (Å²) in [7, 11) is -2.94. The molecule has 2 atom stereocenters. The number of carbonyl (C=O) groups excluding carboxylic acids is 1. The summed E-state index contributed by atoms with van der Waals surface area (Å²) in [6, 6.07) is 11.0. The molecule has 2 aromatic rings. The molecule has 1 amide bonds. The summed E-state index contributed by atoms with van der Waals surface area (Å²) in [5.74, 6) is 0.984. The van der Waals surface area contributed by atoms with E-state index in [0.29, 0.717) is 13.0 Å².